The number of nitrogens with two attached hydrogens (primary N) is 3. The molecule has 2 aromatic carbocycles. The number of methoxy groups -OCH3 is 1. The largest absolute Gasteiger partial charge is 0.493 e. The van der Waals surface area contributed by atoms with Gasteiger partial charge in [-0.05, 0) is 76.4 Å². The molecule has 466 valence electrons. The molecule has 27 heteroatoms. The summed E-state index contributed by atoms with van der Waals surface area (Å²) in [6.07, 6.45) is 1.51. The molecular weight excluding hydrogens is 1120 g/mol. The smallest absolute Gasteiger partial charge is 0.414 e. The second kappa shape index (κ2) is 28.1. The van der Waals surface area contributed by atoms with Crippen LogP contribution in [0.2, 0.25) is 0 Å². The lowest BCUT2D eigenvalue weighted by atomic mass is 10.1. The van der Waals surface area contributed by atoms with E-state index in [-0.39, 0.29) is 148 Å². The van der Waals surface area contributed by atoms with Crippen molar-refractivity contribution in [1.29, 1.82) is 0 Å². The van der Waals surface area contributed by atoms with Crippen LogP contribution in [-0.2, 0) is 49.3 Å². The van der Waals surface area contributed by atoms with Gasteiger partial charge in [0.15, 0.2) is 17.5 Å². The molecule has 0 radical (unpaired) electrons. The number of nitrogens with one attached hydrogen (secondary N) is 2. The van der Waals surface area contributed by atoms with Crippen molar-refractivity contribution in [3.05, 3.63) is 95.1 Å². The third-order valence-electron chi connectivity index (χ3n) is 15.0. The lowest BCUT2D eigenvalue weighted by molar-refractivity contribution is -0.176. The van der Waals surface area contributed by atoms with Crippen LogP contribution in [0.3, 0.4) is 0 Å². The van der Waals surface area contributed by atoms with Crippen molar-refractivity contribution >= 4 is 64.9 Å². The minimum atomic E-state index is -1.06. The van der Waals surface area contributed by atoms with E-state index in [1.165, 1.54) is 46.1 Å². The number of ether oxygens (including phenoxy) is 6. The predicted molar refractivity (Wildman–Crippen MR) is 317 cm³/mol. The van der Waals surface area contributed by atoms with Gasteiger partial charge in [-0.15, -0.1) is 0 Å². The number of carbonyl (C=O) groups is 7. The van der Waals surface area contributed by atoms with Gasteiger partial charge in [-0.3, -0.25) is 38.7 Å². The number of aliphatic imine (C=N–C) groups is 1. The molecule has 0 bridgehead atoms. The Labute approximate surface area is 499 Å². The van der Waals surface area contributed by atoms with Crippen LogP contribution in [0, 0.1) is 0 Å². The van der Waals surface area contributed by atoms with E-state index < -0.39 is 47.7 Å². The zero-order valence-electron chi connectivity index (χ0n) is 50.2. The first-order valence-electron chi connectivity index (χ1n) is 28.1. The summed E-state index contributed by atoms with van der Waals surface area (Å²) in [5.41, 5.74) is 12.4. The Morgan fingerprint density at radius 3 is 2.31 bits per heavy atom. The van der Waals surface area contributed by atoms with Gasteiger partial charge in [0.05, 0.1) is 85.0 Å². The molecule has 0 aliphatic carbocycles. The summed E-state index contributed by atoms with van der Waals surface area (Å²) in [7, 11) is 7.97. The van der Waals surface area contributed by atoms with E-state index in [0.717, 1.165) is 5.57 Å². The second-order valence-corrected chi connectivity index (χ2v) is 22.7. The lowest BCUT2D eigenvalue weighted by Gasteiger charge is -2.31. The number of guanidine groups is 1. The minimum Gasteiger partial charge on any atom is -0.493 e. The van der Waals surface area contributed by atoms with Gasteiger partial charge >= 0.3 is 6.09 Å². The third kappa shape index (κ3) is 16.3. The Morgan fingerprint density at radius 2 is 1.62 bits per heavy atom. The Kier molecular flexibility index (Phi) is 21.3. The summed E-state index contributed by atoms with van der Waals surface area (Å²) in [5.74, 6) is 3.84. The van der Waals surface area contributed by atoms with Crippen LogP contribution in [0.4, 0.5) is 21.9 Å². The number of hydrogen-bond acceptors (Lipinski definition) is 17. The molecule has 3 aliphatic rings. The molecule has 27 nitrogen and oxygen atoms in total. The van der Waals surface area contributed by atoms with Crippen LogP contribution in [0.5, 0.6) is 17.2 Å². The topological polar surface area (TPSA) is 342 Å². The number of hydrogen-bond donors (Lipinski definition) is 6. The SMILES string of the molecule is C=C1CC2CN(C(=O)OCc3ccc(O[C@H]4C[C@@H](O)C[C@@H](C=O)O4)c(C(=O)NCC(C)(C)OCCC(C)(C)ON)c3)c3cc(OCCCC(=O)N(C)c4cc(C(=O)N(C)c5cc(C(=O)NCCN=C(N)N)n(C)c5)n(C)c4)c(OC)cc3C(=O)N2C1. The number of rotatable bonds is 26. The molecule has 9 N–H and O–H groups in total. The molecule has 2 fully saturated rings. The first-order valence-corrected chi connectivity index (χ1v) is 28.1. The van der Waals surface area contributed by atoms with Gasteiger partial charge < -0.3 is 84.3 Å². The van der Waals surface area contributed by atoms with Crippen molar-refractivity contribution in [3.8, 4) is 17.2 Å². The molecule has 7 rings (SSSR count). The highest BCUT2D eigenvalue weighted by Gasteiger charge is 2.41. The summed E-state index contributed by atoms with van der Waals surface area (Å²) in [6.45, 7) is 12.1. The molecule has 2 aromatic heterocycles. The minimum absolute atomic E-state index is 0.0200. The number of aryl methyl sites for hydroxylation is 2. The van der Waals surface area contributed by atoms with Crippen molar-refractivity contribution in [1.82, 2.24) is 24.7 Å². The quantitative estimate of drug-likeness (QED) is 0.0131. The van der Waals surface area contributed by atoms with Gasteiger partial charge in [0, 0.05) is 92.0 Å². The van der Waals surface area contributed by atoms with Crippen LogP contribution in [0.1, 0.15) is 113 Å². The van der Waals surface area contributed by atoms with E-state index in [1.807, 2.05) is 27.7 Å². The molecule has 0 saturated carbocycles. The predicted octanol–water partition coefficient (Wildman–Crippen LogP) is 3.43. The molecule has 5 heterocycles. The summed E-state index contributed by atoms with van der Waals surface area (Å²) < 4.78 is 39.1. The van der Waals surface area contributed by atoms with E-state index in [1.54, 1.807) is 72.8 Å². The molecule has 4 aromatic rings. The molecule has 2 saturated heterocycles. The average molecular weight is 1200 g/mol. The van der Waals surface area contributed by atoms with Gasteiger partial charge in [0.25, 0.3) is 23.6 Å². The Morgan fingerprint density at radius 1 is 0.907 bits per heavy atom. The Bertz CT molecular complexity index is 3200. The van der Waals surface area contributed by atoms with Crippen LogP contribution >= 0.6 is 0 Å². The van der Waals surface area contributed by atoms with Crippen molar-refractivity contribution in [2.24, 2.45) is 36.5 Å². The van der Waals surface area contributed by atoms with Crippen molar-refractivity contribution in [2.45, 2.75) is 109 Å². The number of carbonyl (C=O) groups excluding carboxylic acids is 7. The second-order valence-electron chi connectivity index (χ2n) is 22.7. The van der Waals surface area contributed by atoms with Gasteiger partial charge in [-0.2, -0.15) is 0 Å². The molecular formula is C59H80N12O15. The number of nitrogens with zero attached hydrogens (tertiary/aromatic N) is 7. The van der Waals surface area contributed by atoms with Crippen molar-refractivity contribution < 1.29 is 71.9 Å². The number of anilines is 3. The molecule has 86 heavy (non-hydrogen) atoms. The van der Waals surface area contributed by atoms with Gasteiger partial charge in [0.1, 0.15) is 36.1 Å². The summed E-state index contributed by atoms with van der Waals surface area (Å²) in [4.78, 5) is 110. The molecule has 3 aliphatic heterocycles. The van der Waals surface area contributed by atoms with Crippen LogP contribution in [0.15, 0.2) is 72.0 Å². The fourth-order valence-electron chi connectivity index (χ4n) is 9.92. The fourth-order valence-corrected chi connectivity index (χ4v) is 9.92. The molecule has 0 spiro atoms. The number of aliphatic hydroxyl groups excluding tert-OH is 1. The van der Waals surface area contributed by atoms with E-state index in [9.17, 15) is 38.7 Å². The summed E-state index contributed by atoms with van der Waals surface area (Å²) >= 11 is 0. The first kappa shape index (κ1) is 65.1. The monoisotopic (exact) mass is 1200 g/mol. The van der Waals surface area contributed by atoms with E-state index in [0.29, 0.717) is 41.8 Å². The molecule has 6 amide bonds. The van der Waals surface area contributed by atoms with E-state index in [4.69, 9.17) is 50.6 Å². The van der Waals surface area contributed by atoms with E-state index in [2.05, 4.69) is 22.2 Å². The van der Waals surface area contributed by atoms with Crippen molar-refractivity contribution in [2.75, 3.05) is 81.8 Å². The maximum Gasteiger partial charge on any atom is 0.414 e. The van der Waals surface area contributed by atoms with Crippen LogP contribution in [0.25, 0.3) is 0 Å². The number of amides is 6. The highest BCUT2D eigenvalue weighted by molar-refractivity contribution is 6.08. The fraction of sp³-hybridized carbons (Fsp3) is 0.492. The van der Waals surface area contributed by atoms with E-state index >= 15 is 0 Å². The van der Waals surface area contributed by atoms with Gasteiger partial charge in [-0.25, -0.2) is 10.7 Å². The van der Waals surface area contributed by atoms with Crippen LogP contribution in [-0.4, -0.2) is 170 Å². The van der Waals surface area contributed by atoms with Crippen molar-refractivity contribution in [3.63, 3.8) is 0 Å². The number of aliphatic hydroxyl groups is 1. The molecule has 1 unspecified atom stereocenters. The first-order chi connectivity index (χ1) is 40.7. The zero-order chi connectivity index (χ0) is 62.8. The summed E-state index contributed by atoms with van der Waals surface area (Å²) in [6, 6.07) is 10.4. The maximum atomic E-state index is 14.5. The van der Waals surface area contributed by atoms with Gasteiger partial charge in [0.2, 0.25) is 12.2 Å². The number of aromatic nitrogens is 2. The maximum absolute atomic E-state index is 14.5. The third-order valence-corrected chi connectivity index (χ3v) is 15.0. The highest BCUT2D eigenvalue weighted by atomic mass is 16.7. The summed E-state index contributed by atoms with van der Waals surface area (Å²) in [5, 5.41) is 16.1. The van der Waals surface area contributed by atoms with Gasteiger partial charge in [-0.1, -0.05) is 18.2 Å². The lowest BCUT2D eigenvalue weighted by Crippen LogP contribution is -2.42. The number of benzene rings is 2. The zero-order valence-corrected chi connectivity index (χ0v) is 50.2. The number of fused-ring (bicyclic) bond motifs is 2. The Hall–Kier alpha value is -8.50. The average Bonchev–Trinajstić information content (AvgIpc) is 1.65. The highest BCUT2D eigenvalue weighted by Crippen LogP contribution is 2.41. The van der Waals surface area contributed by atoms with Crippen LogP contribution < -0.4 is 56.9 Å². The Balaban J connectivity index is 1.03. The number of aldehydes is 1. The molecule has 4 atom stereocenters. The normalized spacial score (nSPS) is 17.6. The standard InChI is InChI=1S/C59H80N12O15/c1-35-20-39-31-71(57(79)82-33-36-13-14-47(85-51-25-40(73)24-41(32-72)84-51)43(21-36)52(75)65-34-59(4,5)83-19-15-58(2,3)86-62)44-27-49(48(80-10)26-42(44)54(77)70(39)28-35)81-18-11-12-50(74)68(8)37-23-46(67(7)29-37)55(78)69(9)38-22-45(66(6)30-38)53(76)63-16-17-64-56(60)61/h13-14,21-23,26-27,29-30,32,39-41,51,73H,1,11-12,15-20,24-25,28,31,33-34,62H2,2-10H3,(H,63,76)(H,65,75)(H4,60,61,64)/t39?,40-,41-,51-/m0/s1.